The van der Waals surface area contributed by atoms with Gasteiger partial charge in [-0.3, -0.25) is 19.3 Å². The number of nitrogens with zero attached hydrogens (tertiary/aromatic N) is 2. The van der Waals surface area contributed by atoms with E-state index in [0.717, 1.165) is 30.5 Å². The van der Waals surface area contributed by atoms with E-state index in [9.17, 15) is 9.59 Å². The molecule has 2 fully saturated rings. The molecule has 2 aromatic carbocycles. The first-order valence-electron chi connectivity index (χ1n) is 11.9. The first-order chi connectivity index (χ1) is 16.1. The van der Waals surface area contributed by atoms with Gasteiger partial charge in [-0.15, -0.1) is 0 Å². The van der Waals surface area contributed by atoms with Crippen LogP contribution in [0.1, 0.15) is 38.7 Å². The van der Waals surface area contributed by atoms with Crippen LogP contribution in [0.15, 0.2) is 72.5 Å². The minimum absolute atomic E-state index is 0.180. The number of carbonyl (C=O) groups is 2. The number of para-hydroxylation sites is 1. The Morgan fingerprint density at radius 2 is 1.64 bits per heavy atom. The second-order valence-electron chi connectivity index (χ2n) is 9.05. The number of imide groups is 1. The number of carbonyl (C=O) groups excluding carboxylic acids is 2. The molecule has 2 saturated heterocycles. The van der Waals surface area contributed by atoms with E-state index in [1.807, 2.05) is 66.9 Å². The van der Waals surface area contributed by atoms with Crippen LogP contribution in [0, 0.1) is 11.8 Å². The highest BCUT2D eigenvalue weighted by Crippen LogP contribution is 2.44. The van der Waals surface area contributed by atoms with Gasteiger partial charge in [-0.25, -0.2) is 5.06 Å². The maximum atomic E-state index is 13.7. The Balaban J connectivity index is 1.50. The van der Waals surface area contributed by atoms with E-state index < -0.39 is 12.0 Å². The highest BCUT2D eigenvalue weighted by atomic mass is 16.7. The minimum Gasteiger partial charge on any atom is -0.495 e. The van der Waals surface area contributed by atoms with Crippen LogP contribution in [0.3, 0.4) is 0 Å². The van der Waals surface area contributed by atoms with E-state index in [4.69, 9.17) is 9.57 Å². The zero-order chi connectivity index (χ0) is 22.9. The number of rotatable bonds is 6. The number of benzene rings is 2. The molecule has 0 aromatic heterocycles. The molecule has 0 spiro atoms. The van der Waals surface area contributed by atoms with Crippen LogP contribution in [0.2, 0.25) is 0 Å². The number of hydrogen-bond donors (Lipinski definition) is 0. The van der Waals surface area contributed by atoms with E-state index >= 15 is 0 Å². The topological polar surface area (TPSA) is 59.1 Å². The monoisotopic (exact) mass is 446 g/mol. The smallest absolute Gasteiger partial charge is 0.262 e. The predicted octanol–water partition coefficient (Wildman–Crippen LogP) is 4.47. The lowest BCUT2D eigenvalue weighted by Gasteiger charge is -2.39. The normalized spacial score (nSPS) is 29.2. The maximum Gasteiger partial charge on any atom is 0.262 e. The molecule has 33 heavy (non-hydrogen) atoms. The van der Waals surface area contributed by atoms with Crippen molar-refractivity contribution in [2.75, 3.05) is 5.06 Å². The number of ether oxygens (including phenoxy) is 1. The molecule has 0 radical (unpaired) electrons. The molecular weight excluding hydrogens is 416 g/mol. The highest BCUT2D eigenvalue weighted by molar-refractivity contribution is 6.07. The second kappa shape index (κ2) is 9.02. The summed E-state index contributed by atoms with van der Waals surface area (Å²) in [5.41, 5.74) is 3.03. The molecule has 5 atom stereocenters. The van der Waals surface area contributed by atoms with Gasteiger partial charge in [0.25, 0.3) is 5.91 Å². The SMILES string of the molecule is CCC1=CO[C@@H]([C@@H]2[C@H]3C(=O)N(Cc4ccccc4)C(=O)[C@H]3ON2c2ccccc2)[C@@H](CC)C1. The molecule has 5 rings (SSSR count). The molecular formula is C27H30N2O4. The van der Waals surface area contributed by atoms with Gasteiger partial charge in [-0.2, -0.15) is 0 Å². The number of fused-ring (bicyclic) bond motifs is 1. The quantitative estimate of drug-likeness (QED) is 0.613. The average molecular weight is 447 g/mol. The van der Waals surface area contributed by atoms with Crippen LogP contribution in [0.25, 0.3) is 0 Å². The van der Waals surface area contributed by atoms with Gasteiger partial charge in [0.05, 0.1) is 18.5 Å². The summed E-state index contributed by atoms with van der Waals surface area (Å²) >= 11 is 0. The molecule has 2 aromatic rings. The van der Waals surface area contributed by atoms with Gasteiger partial charge < -0.3 is 4.74 Å². The van der Waals surface area contributed by atoms with Crippen molar-refractivity contribution in [3.05, 3.63) is 78.1 Å². The molecule has 3 heterocycles. The van der Waals surface area contributed by atoms with Crippen molar-refractivity contribution in [1.29, 1.82) is 0 Å². The van der Waals surface area contributed by atoms with Gasteiger partial charge in [0, 0.05) is 5.92 Å². The lowest BCUT2D eigenvalue weighted by Crippen LogP contribution is -2.50. The maximum absolute atomic E-state index is 13.7. The Bertz CT molecular complexity index is 1040. The Morgan fingerprint density at radius 1 is 0.939 bits per heavy atom. The van der Waals surface area contributed by atoms with Crippen molar-refractivity contribution < 1.29 is 19.2 Å². The first-order valence-corrected chi connectivity index (χ1v) is 11.9. The van der Waals surface area contributed by atoms with E-state index in [0.29, 0.717) is 0 Å². The second-order valence-corrected chi connectivity index (χ2v) is 9.05. The summed E-state index contributed by atoms with van der Waals surface area (Å²) in [6.45, 7) is 4.55. The Kier molecular flexibility index (Phi) is 5.94. The summed E-state index contributed by atoms with van der Waals surface area (Å²) in [5.74, 6) is -0.807. The van der Waals surface area contributed by atoms with Gasteiger partial charge in [0.1, 0.15) is 18.1 Å². The van der Waals surface area contributed by atoms with E-state index in [2.05, 4.69) is 13.8 Å². The first kappa shape index (κ1) is 21.7. The standard InChI is InChI=1S/C27H30N2O4/c1-3-18-15-20(4-2)24(32-17-18)23-22-25(33-29(23)21-13-9-6-10-14-21)27(31)28(26(22)30)16-19-11-7-5-8-12-19/h5-14,17,20,22-25H,3-4,15-16H2,1-2H3/t20-,22+,23-,24+,25-/m0/s1. The molecule has 6 heteroatoms. The minimum atomic E-state index is -0.830. The van der Waals surface area contributed by atoms with Gasteiger partial charge in [-0.05, 0) is 42.5 Å². The van der Waals surface area contributed by atoms with Crippen LogP contribution >= 0.6 is 0 Å². The summed E-state index contributed by atoms with van der Waals surface area (Å²) in [7, 11) is 0. The summed E-state index contributed by atoms with van der Waals surface area (Å²) in [4.78, 5) is 34.6. The zero-order valence-corrected chi connectivity index (χ0v) is 19.1. The number of amides is 2. The van der Waals surface area contributed by atoms with Crippen molar-refractivity contribution in [3.8, 4) is 0 Å². The van der Waals surface area contributed by atoms with Gasteiger partial charge in [0.2, 0.25) is 5.91 Å². The number of hydroxylamine groups is 1. The fourth-order valence-corrected chi connectivity index (χ4v) is 5.32. The zero-order valence-electron chi connectivity index (χ0n) is 19.1. The number of allylic oxidation sites excluding steroid dienone is 1. The highest BCUT2D eigenvalue weighted by Gasteiger charge is 2.62. The molecule has 3 aliphatic rings. The van der Waals surface area contributed by atoms with Gasteiger partial charge >= 0.3 is 0 Å². The van der Waals surface area contributed by atoms with Crippen molar-refractivity contribution in [1.82, 2.24) is 4.90 Å². The third kappa shape index (κ3) is 3.82. The van der Waals surface area contributed by atoms with Gasteiger partial charge in [0.15, 0.2) is 6.10 Å². The van der Waals surface area contributed by atoms with Gasteiger partial charge in [-0.1, -0.05) is 62.4 Å². The molecule has 0 bridgehead atoms. The van der Waals surface area contributed by atoms with Crippen LogP contribution in [0.5, 0.6) is 0 Å². The van der Waals surface area contributed by atoms with E-state index in [-0.39, 0.29) is 36.4 Å². The van der Waals surface area contributed by atoms with E-state index in [1.165, 1.54) is 10.5 Å². The lowest BCUT2D eigenvalue weighted by atomic mass is 9.80. The van der Waals surface area contributed by atoms with Crippen LogP contribution in [0.4, 0.5) is 5.69 Å². The Labute approximate surface area is 194 Å². The fourth-order valence-electron chi connectivity index (χ4n) is 5.32. The molecule has 0 saturated carbocycles. The van der Waals surface area contributed by atoms with Crippen molar-refractivity contribution >= 4 is 17.5 Å². The largest absolute Gasteiger partial charge is 0.495 e. The molecule has 0 unspecified atom stereocenters. The van der Waals surface area contributed by atoms with Crippen molar-refractivity contribution in [2.24, 2.45) is 11.8 Å². The van der Waals surface area contributed by atoms with Crippen LogP contribution in [-0.4, -0.2) is 35.0 Å². The number of hydrogen-bond acceptors (Lipinski definition) is 5. The Hall–Kier alpha value is -3.12. The Morgan fingerprint density at radius 3 is 2.30 bits per heavy atom. The number of likely N-dealkylation sites (tertiary alicyclic amines) is 1. The molecule has 2 amide bonds. The molecule has 6 nitrogen and oxygen atoms in total. The summed E-state index contributed by atoms with van der Waals surface area (Å²) in [6.07, 6.45) is 3.59. The molecule has 3 aliphatic heterocycles. The third-order valence-corrected chi connectivity index (χ3v) is 7.14. The summed E-state index contributed by atoms with van der Waals surface area (Å²) in [6, 6.07) is 18.9. The lowest BCUT2D eigenvalue weighted by molar-refractivity contribution is -0.144. The van der Waals surface area contributed by atoms with E-state index in [1.54, 1.807) is 5.06 Å². The number of anilines is 1. The molecule has 0 aliphatic carbocycles. The molecule has 172 valence electrons. The van der Waals surface area contributed by atoms with Crippen LogP contribution in [-0.2, 0) is 25.7 Å². The van der Waals surface area contributed by atoms with Crippen LogP contribution < -0.4 is 5.06 Å². The fraction of sp³-hybridized carbons (Fsp3) is 0.407. The van der Waals surface area contributed by atoms with Crippen molar-refractivity contribution in [2.45, 2.75) is 57.9 Å². The summed E-state index contributed by atoms with van der Waals surface area (Å²) in [5, 5.41) is 1.77. The summed E-state index contributed by atoms with van der Waals surface area (Å²) < 4.78 is 6.30. The van der Waals surface area contributed by atoms with Crippen molar-refractivity contribution in [3.63, 3.8) is 0 Å². The third-order valence-electron chi connectivity index (χ3n) is 7.14. The molecule has 0 N–H and O–H groups in total. The predicted molar refractivity (Wildman–Crippen MR) is 125 cm³/mol. The average Bonchev–Trinajstić information content (AvgIpc) is 3.36.